The zero-order chi connectivity index (χ0) is 19.8. The molecule has 0 saturated heterocycles. The summed E-state index contributed by atoms with van der Waals surface area (Å²) in [5.74, 6) is 0.101. The molecule has 1 amide bonds. The molecule has 2 aromatic rings. The number of aromatic hydroxyl groups is 1. The van der Waals surface area contributed by atoms with Crippen LogP contribution >= 0.6 is 44.8 Å². The molecule has 0 aliphatic heterocycles. The smallest absolute Gasteiger partial charge is 0.269 e. The monoisotopic (exact) mass is 445 g/mol. The molecule has 0 aliphatic rings. The zero-order valence-corrected chi connectivity index (χ0v) is 17.1. The molecular formula is C17H17Cl2N3O3S2. The molecule has 2 aromatic carbocycles. The molecule has 0 atom stereocenters. The lowest BCUT2D eigenvalue weighted by atomic mass is 10.1. The Bertz CT molecular complexity index is 850. The average molecular weight is 446 g/mol. The topological polar surface area (TPSA) is 108 Å². The van der Waals surface area contributed by atoms with Crippen molar-refractivity contribution in [2.24, 2.45) is 5.16 Å². The van der Waals surface area contributed by atoms with Crippen LogP contribution in [0.15, 0.2) is 46.4 Å². The molecule has 0 aliphatic carbocycles. The summed E-state index contributed by atoms with van der Waals surface area (Å²) in [6.45, 7) is 0.388. The number of halogens is 2. The molecule has 5 N–H and O–H groups in total. The van der Waals surface area contributed by atoms with Crippen molar-refractivity contribution in [1.29, 1.82) is 0 Å². The molecule has 144 valence electrons. The number of rotatable bonds is 8. The first-order chi connectivity index (χ1) is 12.9. The van der Waals surface area contributed by atoms with E-state index in [-0.39, 0.29) is 22.9 Å². The summed E-state index contributed by atoms with van der Waals surface area (Å²) in [6.07, 6.45) is 0.0888. The number of hydrogen-bond acceptors (Lipinski definition) is 7. The molecule has 27 heavy (non-hydrogen) atoms. The number of nitrogen functional groups attached to an aromatic ring is 1. The van der Waals surface area contributed by atoms with Crippen LogP contribution in [0.25, 0.3) is 0 Å². The van der Waals surface area contributed by atoms with Gasteiger partial charge < -0.3 is 21.4 Å². The number of nitrogens with one attached hydrogen (secondary N) is 1. The van der Waals surface area contributed by atoms with Crippen molar-refractivity contribution >= 4 is 62.1 Å². The summed E-state index contributed by atoms with van der Waals surface area (Å²) in [6, 6.07) is 9.82. The Labute approximate surface area is 174 Å². The number of nitrogens with two attached hydrogens (primary N) is 1. The van der Waals surface area contributed by atoms with Gasteiger partial charge in [-0.25, -0.2) is 0 Å². The summed E-state index contributed by atoms with van der Waals surface area (Å²) in [5.41, 5.74) is 7.08. The van der Waals surface area contributed by atoms with Crippen molar-refractivity contribution in [3.8, 4) is 5.75 Å². The zero-order valence-electron chi connectivity index (χ0n) is 14.0. The van der Waals surface area contributed by atoms with E-state index in [9.17, 15) is 9.90 Å². The minimum absolute atomic E-state index is 0.0450. The Morgan fingerprint density at radius 2 is 2.00 bits per heavy atom. The summed E-state index contributed by atoms with van der Waals surface area (Å²) < 4.78 is 0. The number of hydrogen-bond donors (Lipinski definition) is 4. The lowest BCUT2D eigenvalue weighted by Crippen LogP contribution is -2.33. The van der Waals surface area contributed by atoms with E-state index in [1.54, 1.807) is 18.2 Å². The molecule has 0 bridgehead atoms. The van der Waals surface area contributed by atoms with Gasteiger partial charge in [0.25, 0.3) is 5.91 Å². The lowest BCUT2D eigenvalue weighted by Gasteiger charge is -2.08. The number of phenolic OH excluding ortho intramolecular Hbond substituents is 1. The van der Waals surface area contributed by atoms with Crippen molar-refractivity contribution in [2.75, 3.05) is 18.0 Å². The van der Waals surface area contributed by atoms with Crippen LogP contribution in [-0.2, 0) is 11.2 Å². The Kier molecular flexibility index (Phi) is 8.43. The molecule has 2 rings (SSSR count). The fraction of sp³-hybridized carbons (Fsp3) is 0.176. The minimum atomic E-state index is -0.474. The van der Waals surface area contributed by atoms with E-state index in [4.69, 9.17) is 34.1 Å². The van der Waals surface area contributed by atoms with Gasteiger partial charge in [0.15, 0.2) is 0 Å². The molecule has 0 unspecified atom stereocenters. The molecule has 6 nitrogen and oxygen atoms in total. The molecule has 0 radical (unpaired) electrons. The second-order valence-corrected chi connectivity index (χ2v) is 8.65. The quantitative estimate of drug-likeness (QED) is 0.121. The van der Waals surface area contributed by atoms with Gasteiger partial charge in [0.05, 0.1) is 5.02 Å². The van der Waals surface area contributed by atoms with Crippen molar-refractivity contribution < 1.29 is 15.1 Å². The van der Waals surface area contributed by atoms with Crippen LogP contribution in [0.3, 0.4) is 0 Å². The van der Waals surface area contributed by atoms with Crippen LogP contribution < -0.4 is 11.1 Å². The van der Waals surface area contributed by atoms with Gasteiger partial charge in [-0.2, -0.15) is 0 Å². The molecule has 0 heterocycles. The third kappa shape index (κ3) is 6.73. The number of carbonyl (C=O) groups is 1. The van der Waals surface area contributed by atoms with Crippen molar-refractivity contribution in [3.05, 3.63) is 52.0 Å². The second kappa shape index (κ2) is 10.6. The molecule has 0 fully saturated rings. The van der Waals surface area contributed by atoms with E-state index in [1.807, 2.05) is 6.07 Å². The van der Waals surface area contributed by atoms with E-state index in [1.165, 1.54) is 33.7 Å². The molecule has 0 aromatic heterocycles. The molecule has 0 spiro atoms. The Morgan fingerprint density at radius 3 is 2.67 bits per heavy atom. The molecular weight excluding hydrogens is 429 g/mol. The van der Waals surface area contributed by atoms with Crippen LogP contribution in [-0.4, -0.2) is 34.2 Å². The predicted octanol–water partition coefficient (Wildman–Crippen LogP) is 4.21. The highest BCUT2D eigenvalue weighted by Gasteiger charge is 2.13. The largest absolute Gasteiger partial charge is 0.506 e. The molecule has 10 heteroatoms. The molecule has 0 saturated carbocycles. The first-order valence-corrected chi connectivity index (χ1v) is 10.8. The van der Waals surface area contributed by atoms with Gasteiger partial charge >= 0.3 is 0 Å². The van der Waals surface area contributed by atoms with E-state index in [2.05, 4.69) is 10.5 Å². The maximum absolute atomic E-state index is 12.1. The summed E-state index contributed by atoms with van der Waals surface area (Å²) in [7, 11) is 3.02. The van der Waals surface area contributed by atoms with E-state index in [0.29, 0.717) is 28.6 Å². The van der Waals surface area contributed by atoms with Crippen LogP contribution in [0.1, 0.15) is 5.56 Å². The van der Waals surface area contributed by atoms with Gasteiger partial charge in [0.1, 0.15) is 11.5 Å². The van der Waals surface area contributed by atoms with Crippen LogP contribution in [0.5, 0.6) is 5.75 Å². The minimum Gasteiger partial charge on any atom is -0.506 e. The van der Waals surface area contributed by atoms with Gasteiger partial charge in [-0.3, -0.25) is 4.79 Å². The average Bonchev–Trinajstić information content (AvgIpc) is 2.63. The first-order valence-electron chi connectivity index (χ1n) is 7.71. The normalized spacial score (nSPS) is 11.4. The Hall–Kier alpha value is -1.74. The standard InChI is InChI=1S/C17H17Cl2N3O3S2/c18-11-2-4-16(13(20)9-11)27-26-6-5-21-17(24)14(22-25)8-10-1-3-15(23)12(19)7-10/h1-4,7,9,23,25H,5-6,8,20H2,(H,21,24)/b22-14+. The second-order valence-electron chi connectivity index (χ2n) is 5.35. The maximum atomic E-state index is 12.1. The SMILES string of the molecule is Nc1cc(Cl)ccc1SSCCNC(=O)/C(Cc1ccc(O)c(Cl)c1)=N/O. The third-order valence-corrected chi connectivity index (χ3v) is 6.33. The summed E-state index contributed by atoms with van der Waals surface area (Å²) in [4.78, 5) is 13.0. The number of nitrogens with zero attached hydrogens (tertiary/aromatic N) is 1. The number of amides is 1. The maximum Gasteiger partial charge on any atom is 0.269 e. The van der Waals surface area contributed by atoms with Gasteiger partial charge in [-0.15, -0.1) is 0 Å². The van der Waals surface area contributed by atoms with E-state index in [0.717, 1.165) is 4.90 Å². The Balaban J connectivity index is 1.77. The highest BCUT2D eigenvalue weighted by Crippen LogP contribution is 2.35. The summed E-state index contributed by atoms with van der Waals surface area (Å²) in [5, 5.41) is 25.0. The lowest BCUT2D eigenvalue weighted by molar-refractivity contribution is -0.114. The number of benzene rings is 2. The number of phenols is 1. The fourth-order valence-corrected chi connectivity index (χ4v) is 4.42. The predicted molar refractivity (Wildman–Crippen MR) is 113 cm³/mol. The van der Waals surface area contributed by atoms with Gasteiger partial charge in [-0.1, -0.05) is 56.0 Å². The van der Waals surface area contributed by atoms with E-state index < -0.39 is 5.91 Å². The first kappa shape index (κ1) is 21.6. The number of anilines is 1. The van der Waals surface area contributed by atoms with Crippen LogP contribution in [0, 0.1) is 0 Å². The summed E-state index contributed by atoms with van der Waals surface area (Å²) >= 11 is 11.7. The van der Waals surface area contributed by atoms with Crippen molar-refractivity contribution in [1.82, 2.24) is 5.32 Å². The highest BCUT2D eigenvalue weighted by molar-refractivity contribution is 8.76. The van der Waals surface area contributed by atoms with Crippen LogP contribution in [0.4, 0.5) is 5.69 Å². The third-order valence-electron chi connectivity index (χ3n) is 3.36. The Morgan fingerprint density at radius 1 is 1.22 bits per heavy atom. The number of carbonyl (C=O) groups excluding carboxylic acids is 1. The van der Waals surface area contributed by atoms with Crippen molar-refractivity contribution in [2.45, 2.75) is 11.3 Å². The number of oxime groups is 1. The van der Waals surface area contributed by atoms with Gasteiger partial charge in [-0.05, 0) is 35.9 Å². The van der Waals surface area contributed by atoms with Gasteiger partial charge in [0.2, 0.25) is 0 Å². The highest BCUT2D eigenvalue weighted by atomic mass is 35.5. The van der Waals surface area contributed by atoms with Crippen LogP contribution in [0.2, 0.25) is 10.0 Å². The van der Waals surface area contributed by atoms with Gasteiger partial charge in [0, 0.05) is 34.3 Å². The van der Waals surface area contributed by atoms with Crippen molar-refractivity contribution in [3.63, 3.8) is 0 Å². The van der Waals surface area contributed by atoms with E-state index >= 15 is 0 Å². The fourth-order valence-electron chi connectivity index (χ4n) is 2.02.